The summed E-state index contributed by atoms with van der Waals surface area (Å²) in [5, 5.41) is 10.2. The van der Waals surface area contributed by atoms with Crippen molar-refractivity contribution in [3.8, 4) is 5.75 Å². The summed E-state index contributed by atoms with van der Waals surface area (Å²) in [6, 6.07) is 6.17. The van der Waals surface area contributed by atoms with Gasteiger partial charge in [0.15, 0.2) is 0 Å². The van der Waals surface area contributed by atoms with Gasteiger partial charge < -0.3 is 9.84 Å². The number of hydrogen-bond acceptors (Lipinski definition) is 2. The molecular weight excluding hydrogens is 236 g/mol. The van der Waals surface area contributed by atoms with Gasteiger partial charge in [0.2, 0.25) is 0 Å². The quantitative estimate of drug-likeness (QED) is 0.868. The molecule has 1 fully saturated rings. The van der Waals surface area contributed by atoms with Crippen LogP contribution in [0.1, 0.15) is 49.7 Å². The number of aryl methyl sites for hydroxylation is 2. The van der Waals surface area contributed by atoms with E-state index in [0.29, 0.717) is 12.5 Å². The first kappa shape index (κ1) is 14.4. The molecule has 2 nitrogen and oxygen atoms in total. The van der Waals surface area contributed by atoms with Gasteiger partial charge in [-0.1, -0.05) is 25.3 Å². The molecule has 0 radical (unpaired) electrons. The van der Waals surface area contributed by atoms with Crippen LogP contribution in [0.5, 0.6) is 5.75 Å². The standard InChI is InChI=1S/C17H26O2/c1-13-8-9-16(12-14(13)2)19-11-10-17(18)15-6-4-3-5-7-15/h8-9,12,15,17-18H,3-7,10-11H2,1-2H3. The third-order valence-electron chi connectivity index (χ3n) is 4.35. The number of aliphatic hydroxyl groups excluding tert-OH is 1. The second-order valence-electron chi connectivity index (χ2n) is 5.85. The van der Waals surface area contributed by atoms with Crippen molar-refractivity contribution < 1.29 is 9.84 Å². The summed E-state index contributed by atoms with van der Waals surface area (Å²) in [6.07, 6.45) is 6.82. The number of aliphatic hydroxyl groups is 1. The molecule has 2 rings (SSSR count). The smallest absolute Gasteiger partial charge is 0.119 e. The van der Waals surface area contributed by atoms with Crippen LogP contribution in [0.25, 0.3) is 0 Å². The van der Waals surface area contributed by atoms with Crippen LogP contribution in [-0.2, 0) is 0 Å². The molecule has 1 aromatic carbocycles. The van der Waals surface area contributed by atoms with Crippen LogP contribution in [0.3, 0.4) is 0 Å². The molecule has 0 aromatic heterocycles. The fourth-order valence-electron chi connectivity index (χ4n) is 2.86. The van der Waals surface area contributed by atoms with Crippen molar-refractivity contribution in [2.45, 2.75) is 58.5 Å². The Morgan fingerprint density at radius 1 is 1.16 bits per heavy atom. The number of hydrogen-bond donors (Lipinski definition) is 1. The summed E-state index contributed by atoms with van der Waals surface area (Å²) >= 11 is 0. The molecule has 2 heteroatoms. The fraction of sp³-hybridized carbons (Fsp3) is 0.647. The molecule has 1 atom stereocenters. The normalized spacial score (nSPS) is 18.3. The average Bonchev–Trinajstić information content (AvgIpc) is 2.43. The lowest BCUT2D eigenvalue weighted by atomic mass is 9.84. The van der Waals surface area contributed by atoms with Crippen LogP contribution in [0.2, 0.25) is 0 Å². The number of rotatable bonds is 5. The zero-order chi connectivity index (χ0) is 13.7. The molecule has 1 aromatic rings. The highest BCUT2D eigenvalue weighted by molar-refractivity contribution is 5.33. The van der Waals surface area contributed by atoms with Crippen LogP contribution in [0.15, 0.2) is 18.2 Å². The SMILES string of the molecule is Cc1ccc(OCCC(O)C2CCCCC2)cc1C. The van der Waals surface area contributed by atoms with Gasteiger partial charge in [0.25, 0.3) is 0 Å². The lowest BCUT2D eigenvalue weighted by Gasteiger charge is -2.26. The van der Waals surface area contributed by atoms with E-state index in [4.69, 9.17) is 4.74 Å². The summed E-state index contributed by atoms with van der Waals surface area (Å²) in [4.78, 5) is 0. The molecule has 0 saturated heterocycles. The zero-order valence-corrected chi connectivity index (χ0v) is 12.2. The van der Waals surface area contributed by atoms with Gasteiger partial charge in [-0.15, -0.1) is 0 Å². The maximum Gasteiger partial charge on any atom is 0.119 e. The summed E-state index contributed by atoms with van der Waals surface area (Å²) in [6.45, 7) is 4.81. The molecule has 19 heavy (non-hydrogen) atoms. The van der Waals surface area contributed by atoms with E-state index in [1.54, 1.807) is 0 Å². The minimum absolute atomic E-state index is 0.188. The van der Waals surface area contributed by atoms with Crippen molar-refractivity contribution in [3.63, 3.8) is 0 Å². The summed E-state index contributed by atoms with van der Waals surface area (Å²) < 4.78 is 5.74. The van der Waals surface area contributed by atoms with Crippen LogP contribution in [0.4, 0.5) is 0 Å². The van der Waals surface area contributed by atoms with Crippen LogP contribution >= 0.6 is 0 Å². The van der Waals surface area contributed by atoms with Gasteiger partial charge in [-0.2, -0.15) is 0 Å². The molecule has 0 spiro atoms. The minimum atomic E-state index is -0.188. The fourth-order valence-corrected chi connectivity index (χ4v) is 2.86. The lowest BCUT2D eigenvalue weighted by Crippen LogP contribution is -2.24. The van der Waals surface area contributed by atoms with Gasteiger partial charge in [0.1, 0.15) is 5.75 Å². The van der Waals surface area contributed by atoms with Crippen molar-refractivity contribution in [2.75, 3.05) is 6.61 Å². The van der Waals surface area contributed by atoms with Crippen LogP contribution < -0.4 is 4.74 Å². The third kappa shape index (κ3) is 4.24. The Bertz CT molecular complexity index is 394. The molecule has 1 N–H and O–H groups in total. The molecule has 1 aliphatic rings. The zero-order valence-electron chi connectivity index (χ0n) is 12.2. The van der Waals surface area contributed by atoms with Crippen LogP contribution in [0, 0.1) is 19.8 Å². The van der Waals surface area contributed by atoms with E-state index in [9.17, 15) is 5.11 Å². The van der Waals surface area contributed by atoms with Gasteiger partial charge in [0, 0.05) is 6.42 Å². The highest BCUT2D eigenvalue weighted by Gasteiger charge is 2.21. The van der Waals surface area contributed by atoms with E-state index in [1.165, 1.54) is 43.2 Å². The van der Waals surface area contributed by atoms with E-state index >= 15 is 0 Å². The van der Waals surface area contributed by atoms with E-state index < -0.39 is 0 Å². The molecular formula is C17H26O2. The first-order chi connectivity index (χ1) is 9.16. The van der Waals surface area contributed by atoms with Gasteiger partial charge >= 0.3 is 0 Å². The summed E-state index contributed by atoms with van der Waals surface area (Å²) in [5.74, 6) is 1.41. The molecule has 0 amide bonds. The number of ether oxygens (including phenoxy) is 1. The first-order valence-electron chi connectivity index (χ1n) is 7.55. The predicted molar refractivity (Wildman–Crippen MR) is 78.6 cm³/mol. The maximum atomic E-state index is 10.2. The second-order valence-corrected chi connectivity index (χ2v) is 5.85. The Labute approximate surface area is 116 Å². The molecule has 1 unspecified atom stereocenters. The topological polar surface area (TPSA) is 29.5 Å². The molecule has 0 bridgehead atoms. The Hall–Kier alpha value is -1.02. The molecule has 0 aliphatic heterocycles. The van der Waals surface area contributed by atoms with Crippen molar-refractivity contribution in [1.29, 1.82) is 0 Å². The Kier molecular flexibility index (Phi) is 5.26. The highest BCUT2D eigenvalue weighted by Crippen LogP contribution is 2.27. The Morgan fingerprint density at radius 2 is 1.89 bits per heavy atom. The minimum Gasteiger partial charge on any atom is -0.493 e. The van der Waals surface area contributed by atoms with Crippen LogP contribution in [-0.4, -0.2) is 17.8 Å². The highest BCUT2D eigenvalue weighted by atomic mass is 16.5. The van der Waals surface area contributed by atoms with E-state index in [2.05, 4.69) is 26.0 Å². The average molecular weight is 262 g/mol. The lowest BCUT2D eigenvalue weighted by molar-refractivity contribution is 0.0641. The van der Waals surface area contributed by atoms with E-state index in [-0.39, 0.29) is 6.10 Å². The predicted octanol–water partition coefficient (Wildman–Crippen LogP) is 4.01. The molecule has 0 heterocycles. The van der Waals surface area contributed by atoms with E-state index in [1.807, 2.05) is 6.07 Å². The Balaban J connectivity index is 1.74. The van der Waals surface area contributed by atoms with Crippen molar-refractivity contribution >= 4 is 0 Å². The van der Waals surface area contributed by atoms with Gasteiger partial charge in [0.05, 0.1) is 12.7 Å². The molecule has 1 saturated carbocycles. The van der Waals surface area contributed by atoms with E-state index in [0.717, 1.165) is 12.2 Å². The second kappa shape index (κ2) is 6.95. The third-order valence-corrected chi connectivity index (χ3v) is 4.35. The van der Waals surface area contributed by atoms with Gasteiger partial charge in [-0.25, -0.2) is 0 Å². The maximum absolute atomic E-state index is 10.2. The van der Waals surface area contributed by atoms with Crippen molar-refractivity contribution in [1.82, 2.24) is 0 Å². The number of benzene rings is 1. The van der Waals surface area contributed by atoms with Crippen molar-refractivity contribution in [2.24, 2.45) is 5.92 Å². The molecule has 1 aliphatic carbocycles. The first-order valence-corrected chi connectivity index (χ1v) is 7.55. The molecule has 106 valence electrons. The van der Waals surface area contributed by atoms with Gasteiger partial charge in [-0.05, 0) is 55.9 Å². The monoisotopic (exact) mass is 262 g/mol. The summed E-state index contributed by atoms with van der Waals surface area (Å²) in [5.41, 5.74) is 2.54. The van der Waals surface area contributed by atoms with Crippen molar-refractivity contribution in [3.05, 3.63) is 29.3 Å². The largest absolute Gasteiger partial charge is 0.493 e. The van der Waals surface area contributed by atoms with Gasteiger partial charge in [-0.3, -0.25) is 0 Å². The summed E-state index contributed by atoms with van der Waals surface area (Å²) in [7, 11) is 0. The Morgan fingerprint density at radius 3 is 2.58 bits per heavy atom.